The summed E-state index contributed by atoms with van der Waals surface area (Å²) in [7, 11) is 0. The molecule has 0 aliphatic rings. The Kier molecular flexibility index (Phi) is 19.2. The molecule has 4 aromatic carbocycles. The van der Waals surface area contributed by atoms with Gasteiger partial charge >= 0.3 is 12.1 Å². The van der Waals surface area contributed by atoms with Gasteiger partial charge < -0.3 is 40.0 Å². The molecule has 0 bridgehead atoms. The van der Waals surface area contributed by atoms with Gasteiger partial charge in [-0.2, -0.15) is 0 Å². The predicted molar refractivity (Wildman–Crippen MR) is 220 cm³/mol. The van der Waals surface area contributed by atoms with Gasteiger partial charge in [0.25, 0.3) is 0 Å². The van der Waals surface area contributed by atoms with E-state index in [0.717, 1.165) is 22.3 Å². The molecule has 306 valence electrons. The zero-order chi connectivity index (χ0) is 41.4. The van der Waals surface area contributed by atoms with Gasteiger partial charge in [-0.1, -0.05) is 115 Å². The molecular weight excluding hydrogens is 739 g/mol. The second kappa shape index (κ2) is 25.1. The van der Waals surface area contributed by atoms with Gasteiger partial charge in [-0.05, 0) is 53.6 Å². The molecule has 12 nitrogen and oxygen atoms in total. The third-order valence-electron chi connectivity index (χ3n) is 8.89. The molecule has 4 N–H and O–H groups in total. The number of alkyl carbamates (subject to hydrolysis) is 1. The number of aliphatic hydroxyl groups is 1. The van der Waals surface area contributed by atoms with Crippen LogP contribution in [0.3, 0.4) is 0 Å². The Hall–Kier alpha value is -6.24. The number of rotatable bonds is 25. The van der Waals surface area contributed by atoms with E-state index in [2.05, 4.69) is 29.1 Å². The van der Waals surface area contributed by atoms with E-state index in [1.165, 1.54) is 6.08 Å². The van der Waals surface area contributed by atoms with E-state index >= 15 is 0 Å². The molecule has 4 unspecified atom stereocenters. The number of carbonyl (C=O) groups excluding carboxylic acids is 4. The number of ether oxygens (including phenoxy) is 4. The molecule has 0 fully saturated rings. The first-order valence-electron chi connectivity index (χ1n) is 19.2. The number of hydrogen-bond donors (Lipinski definition) is 4. The summed E-state index contributed by atoms with van der Waals surface area (Å²) >= 11 is 0. The van der Waals surface area contributed by atoms with Gasteiger partial charge in [0.05, 0.1) is 37.8 Å². The lowest BCUT2D eigenvalue weighted by Gasteiger charge is -2.24. The van der Waals surface area contributed by atoms with Crippen LogP contribution in [-0.2, 0) is 54.8 Å². The summed E-state index contributed by atoms with van der Waals surface area (Å²) in [6.45, 7) is 7.50. The van der Waals surface area contributed by atoms with Gasteiger partial charge in [0.1, 0.15) is 31.6 Å². The number of hydrogen-bond acceptors (Lipinski definition) is 9. The Labute approximate surface area is 340 Å². The first-order chi connectivity index (χ1) is 28.3. The molecular formula is C46H53N3O9. The van der Waals surface area contributed by atoms with Crippen molar-refractivity contribution >= 4 is 23.9 Å². The maximum absolute atomic E-state index is 13.7. The van der Waals surface area contributed by atoms with Crippen LogP contribution in [-0.4, -0.2) is 66.9 Å². The molecule has 0 saturated carbocycles. The lowest BCUT2D eigenvalue weighted by Crippen LogP contribution is -2.48. The fourth-order valence-electron chi connectivity index (χ4n) is 5.82. The van der Waals surface area contributed by atoms with Crippen LogP contribution in [0.4, 0.5) is 4.79 Å². The molecule has 4 rings (SSSR count). The lowest BCUT2D eigenvalue weighted by molar-refractivity contribution is -0.148. The lowest BCUT2D eigenvalue weighted by atomic mass is 9.98. The number of allylic oxidation sites excluding steroid dienone is 1. The van der Waals surface area contributed by atoms with E-state index in [1.807, 2.05) is 103 Å². The molecule has 0 aliphatic carbocycles. The molecule has 4 aromatic rings. The standard InChI is InChI=1S/C46H53N3O9/c1-3-14-38(27-43(51)47-39(28-50)26-34-22-24-41(25-23-34)56-30-36-18-10-6-11-19-36)44(52)48-40(32-55-29-35-16-8-5-9-17-35)33-57-45(53)42(15-4-2)49-46(54)58-31-37-20-12-7-13-21-37/h3-13,16-25,38-40,42,50H,1-2,14-15,26-33H2,(H,47,51)(H,48,52)(H,49,54). The van der Waals surface area contributed by atoms with Crippen LogP contribution >= 0.6 is 0 Å². The van der Waals surface area contributed by atoms with Crippen molar-refractivity contribution in [2.45, 2.75) is 63.6 Å². The molecule has 0 saturated heterocycles. The van der Waals surface area contributed by atoms with Crippen LogP contribution in [0.1, 0.15) is 41.5 Å². The van der Waals surface area contributed by atoms with Crippen LogP contribution in [0.15, 0.2) is 141 Å². The third-order valence-corrected chi connectivity index (χ3v) is 8.89. The fraction of sp³-hybridized carbons (Fsp3) is 0.304. The van der Waals surface area contributed by atoms with Gasteiger partial charge in [0.2, 0.25) is 11.8 Å². The summed E-state index contributed by atoms with van der Waals surface area (Å²) < 4.78 is 22.6. The zero-order valence-electron chi connectivity index (χ0n) is 32.6. The molecule has 3 amide bonds. The highest BCUT2D eigenvalue weighted by Gasteiger charge is 2.27. The smallest absolute Gasteiger partial charge is 0.408 e. The minimum absolute atomic E-state index is 0.0134. The van der Waals surface area contributed by atoms with E-state index in [4.69, 9.17) is 18.9 Å². The second-order valence-electron chi connectivity index (χ2n) is 13.6. The number of benzene rings is 4. The van der Waals surface area contributed by atoms with Gasteiger partial charge in [-0.25, -0.2) is 9.59 Å². The van der Waals surface area contributed by atoms with Gasteiger partial charge in [0, 0.05) is 6.42 Å². The average molecular weight is 792 g/mol. The zero-order valence-corrected chi connectivity index (χ0v) is 32.6. The SMILES string of the molecule is C=CCC(CC(=O)NC(CO)Cc1ccc(OCc2ccccc2)cc1)C(=O)NC(COCc1ccccc1)COC(=O)C(CC=C)NC(=O)OCc1ccccc1. The van der Waals surface area contributed by atoms with Gasteiger partial charge in [-0.3, -0.25) is 9.59 Å². The van der Waals surface area contributed by atoms with Crippen molar-refractivity contribution in [1.29, 1.82) is 0 Å². The van der Waals surface area contributed by atoms with E-state index < -0.39 is 47.9 Å². The van der Waals surface area contributed by atoms with Crippen molar-refractivity contribution in [3.8, 4) is 5.75 Å². The number of nitrogens with one attached hydrogen (secondary N) is 3. The number of aliphatic hydroxyl groups excluding tert-OH is 1. The van der Waals surface area contributed by atoms with Crippen molar-refractivity contribution in [2.24, 2.45) is 5.92 Å². The molecule has 4 atom stereocenters. The summed E-state index contributed by atoms with van der Waals surface area (Å²) in [5.41, 5.74) is 3.62. The Morgan fingerprint density at radius 2 is 1.21 bits per heavy atom. The summed E-state index contributed by atoms with van der Waals surface area (Å²) in [6.07, 6.45) is 2.64. The van der Waals surface area contributed by atoms with Crippen molar-refractivity contribution in [3.05, 3.63) is 163 Å². The molecule has 0 aromatic heterocycles. The normalized spacial score (nSPS) is 12.8. The highest BCUT2D eigenvalue weighted by molar-refractivity contribution is 5.86. The highest BCUT2D eigenvalue weighted by atomic mass is 16.6. The Morgan fingerprint density at radius 3 is 1.79 bits per heavy atom. The van der Waals surface area contributed by atoms with Gasteiger partial charge in [0.15, 0.2) is 0 Å². The minimum Gasteiger partial charge on any atom is -0.489 e. The predicted octanol–water partition coefficient (Wildman–Crippen LogP) is 5.98. The summed E-state index contributed by atoms with van der Waals surface area (Å²) in [6, 6.07) is 33.3. The summed E-state index contributed by atoms with van der Waals surface area (Å²) in [5.74, 6) is -1.78. The van der Waals surface area contributed by atoms with Crippen molar-refractivity contribution in [1.82, 2.24) is 16.0 Å². The van der Waals surface area contributed by atoms with Crippen molar-refractivity contribution in [3.63, 3.8) is 0 Å². The molecule has 0 radical (unpaired) electrons. The van der Waals surface area contributed by atoms with Crippen molar-refractivity contribution in [2.75, 3.05) is 19.8 Å². The fourth-order valence-corrected chi connectivity index (χ4v) is 5.82. The van der Waals surface area contributed by atoms with Crippen LogP contribution in [0.25, 0.3) is 0 Å². The maximum atomic E-state index is 13.7. The largest absolute Gasteiger partial charge is 0.489 e. The summed E-state index contributed by atoms with van der Waals surface area (Å²) in [4.78, 5) is 52.6. The van der Waals surface area contributed by atoms with E-state index in [-0.39, 0.29) is 52.3 Å². The molecule has 12 heteroatoms. The quantitative estimate of drug-likeness (QED) is 0.0468. The number of carbonyl (C=O) groups is 4. The minimum atomic E-state index is -1.09. The molecule has 0 heterocycles. The number of esters is 1. The van der Waals surface area contributed by atoms with Crippen LogP contribution in [0, 0.1) is 5.92 Å². The molecule has 58 heavy (non-hydrogen) atoms. The topological polar surface area (TPSA) is 162 Å². The van der Waals surface area contributed by atoms with E-state index in [1.54, 1.807) is 18.2 Å². The third kappa shape index (κ3) is 16.5. The van der Waals surface area contributed by atoms with Crippen LogP contribution in [0.2, 0.25) is 0 Å². The second-order valence-corrected chi connectivity index (χ2v) is 13.6. The van der Waals surface area contributed by atoms with Gasteiger partial charge in [-0.15, -0.1) is 13.2 Å². The Morgan fingerprint density at radius 1 is 0.621 bits per heavy atom. The molecule has 0 aliphatic heterocycles. The average Bonchev–Trinajstić information content (AvgIpc) is 3.25. The Balaban J connectivity index is 1.32. The van der Waals surface area contributed by atoms with E-state index in [0.29, 0.717) is 18.8 Å². The van der Waals surface area contributed by atoms with Crippen molar-refractivity contribution < 1.29 is 43.2 Å². The first kappa shape index (κ1) is 44.5. The number of amides is 3. The summed E-state index contributed by atoms with van der Waals surface area (Å²) in [5, 5.41) is 18.3. The Bertz CT molecular complexity index is 1860. The maximum Gasteiger partial charge on any atom is 0.408 e. The monoisotopic (exact) mass is 791 g/mol. The highest BCUT2D eigenvalue weighted by Crippen LogP contribution is 2.17. The van der Waals surface area contributed by atoms with Crippen LogP contribution in [0.5, 0.6) is 5.75 Å². The van der Waals surface area contributed by atoms with Crippen LogP contribution < -0.4 is 20.7 Å². The van der Waals surface area contributed by atoms with E-state index in [9.17, 15) is 24.3 Å². The molecule has 0 spiro atoms. The first-order valence-corrected chi connectivity index (χ1v) is 19.2.